The molecule has 124 valence electrons. The van der Waals surface area contributed by atoms with Gasteiger partial charge in [0.05, 0.1) is 5.69 Å². The van der Waals surface area contributed by atoms with Crippen molar-refractivity contribution < 1.29 is 0 Å². The SMILES string of the molecule is CCCc1cn(-c2nc(Cl)c(-c3ccccc3)c3ccccc23)cn1. The predicted molar refractivity (Wildman–Crippen MR) is 103 cm³/mol. The molecule has 0 aliphatic rings. The quantitative estimate of drug-likeness (QED) is 0.444. The average Bonchev–Trinajstić information content (AvgIpc) is 3.10. The van der Waals surface area contributed by atoms with Crippen LogP contribution in [0.3, 0.4) is 0 Å². The van der Waals surface area contributed by atoms with Gasteiger partial charge in [-0.2, -0.15) is 0 Å². The maximum Gasteiger partial charge on any atom is 0.147 e. The molecule has 4 aromatic rings. The summed E-state index contributed by atoms with van der Waals surface area (Å²) in [5.74, 6) is 0.815. The van der Waals surface area contributed by atoms with Crippen LogP contribution < -0.4 is 0 Å². The van der Waals surface area contributed by atoms with E-state index < -0.39 is 0 Å². The largest absolute Gasteiger partial charge is 0.290 e. The summed E-state index contributed by atoms with van der Waals surface area (Å²) in [4.78, 5) is 9.19. The summed E-state index contributed by atoms with van der Waals surface area (Å²) in [6.07, 6.45) is 5.88. The number of halogens is 1. The van der Waals surface area contributed by atoms with E-state index in [4.69, 9.17) is 16.6 Å². The van der Waals surface area contributed by atoms with Crippen LogP contribution in [0.25, 0.3) is 27.7 Å². The number of aromatic nitrogens is 3. The van der Waals surface area contributed by atoms with Crippen LogP contribution in [0, 0.1) is 0 Å². The zero-order valence-corrected chi connectivity index (χ0v) is 14.7. The Morgan fingerprint density at radius 3 is 2.44 bits per heavy atom. The minimum Gasteiger partial charge on any atom is -0.290 e. The average molecular weight is 348 g/mol. The molecule has 0 bridgehead atoms. The van der Waals surface area contributed by atoms with E-state index in [2.05, 4.69) is 36.2 Å². The Labute approximate surface area is 151 Å². The Morgan fingerprint density at radius 2 is 1.68 bits per heavy atom. The lowest BCUT2D eigenvalue weighted by Crippen LogP contribution is -1.99. The first-order valence-corrected chi connectivity index (χ1v) is 8.82. The molecule has 0 saturated carbocycles. The molecule has 3 nitrogen and oxygen atoms in total. The van der Waals surface area contributed by atoms with E-state index in [0.717, 1.165) is 46.3 Å². The van der Waals surface area contributed by atoms with Crippen molar-refractivity contribution in [3.05, 3.63) is 78.0 Å². The van der Waals surface area contributed by atoms with Crippen molar-refractivity contribution in [3.8, 4) is 16.9 Å². The molecule has 0 atom stereocenters. The van der Waals surface area contributed by atoms with Crippen LogP contribution in [-0.2, 0) is 6.42 Å². The fourth-order valence-corrected chi connectivity index (χ4v) is 3.45. The molecule has 0 aliphatic heterocycles. The lowest BCUT2D eigenvalue weighted by molar-refractivity contribution is 0.891. The number of fused-ring (bicyclic) bond motifs is 1. The summed E-state index contributed by atoms with van der Waals surface area (Å²) in [6, 6.07) is 18.4. The molecule has 2 aromatic carbocycles. The number of nitrogens with zero attached hydrogens (tertiary/aromatic N) is 3. The normalized spacial score (nSPS) is 11.1. The van der Waals surface area contributed by atoms with Gasteiger partial charge < -0.3 is 0 Å². The van der Waals surface area contributed by atoms with Crippen molar-refractivity contribution in [2.24, 2.45) is 0 Å². The van der Waals surface area contributed by atoms with E-state index in [1.54, 1.807) is 0 Å². The van der Waals surface area contributed by atoms with Crippen LogP contribution in [0.1, 0.15) is 19.0 Å². The molecule has 4 rings (SSSR count). The Hall–Kier alpha value is -2.65. The van der Waals surface area contributed by atoms with Gasteiger partial charge in [0, 0.05) is 17.1 Å². The van der Waals surface area contributed by atoms with Crippen LogP contribution in [0.15, 0.2) is 67.1 Å². The second kappa shape index (κ2) is 6.69. The molecule has 0 radical (unpaired) electrons. The molecular weight excluding hydrogens is 330 g/mol. The van der Waals surface area contributed by atoms with Gasteiger partial charge in [0.15, 0.2) is 0 Å². The number of pyridine rings is 1. The maximum absolute atomic E-state index is 6.62. The predicted octanol–water partition coefficient (Wildman–Crippen LogP) is 5.69. The molecule has 0 fully saturated rings. The monoisotopic (exact) mass is 347 g/mol. The number of rotatable bonds is 4. The summed E-state index contributed by atoms with van der Waals surface area (Å²) in [7, 11) is 0. The molecule has 25 heavy (non-hydrogen) atoms. The molecule has 0 aliphatic carbocycles. The number of aryl methyl sites for hydroxylation is 1. The van der Waals surface area contributed by atoms with E-state index in [9.17, 15) is 0 Å². The lowest BCUT2D eigenvalue weighted by atomic mass is 10.0. The van der Waals surface area contributed by atoms with Crippen LogP contribution in [-0.4, -0.2) is 14.5 Å². The second-order valence-corrected chi connectivity index (χ2v) is 6.39. The van der Waals surface area contributed by atoms with Crippen molar-refractivity contribution in [2.45, 2.75) is 19.8 Å². The van der Waals surface area contributed by atoms with E-state index in [0.29, 0.717) is 5.15 Å². The van der Waals surface area contributed by atoms with Gasteiger partial charge in [-0.15, -0.1) is 0 Å². The van der Waals surface area contributed by atoms with Crippen molar-refractivity contribution in [1.29, 1.82) is 0 Å². The molecule has 0 spiro atoms. The third kappa shape index (κ3) is 2.92. The summed E-state index contributed by atoms with van der Waals surface area (Å²) < 4.78 is 1.97. The number of benzene rings is 2. The summed E-state index contributed by atoms with van der Waals surface area (Å²) in [5.41, 5.74) is 3.10. The Balaban J connectivity index is 1.96. The van der Waals surface area contributed by atoms with E-state index in [1.807, 2.05) is 47.4 Å². The minimum atomic E-state index is 0.505. The van der Waals surface area contributed by atoms with E-state index in [1.165, 1.54) is 0 Å². The molecule has 0 amide bonds. The summed E-state index contributed by atoms with van der Waals surface area (Å²) >= 11 is 6.62. The van der Waals surface area contributed by atoms with Gasteiger partial charge in [-0.3, -0.25) is 4.57 Å². The molecule has 2 heterocycles. The first kappa shape index (κ1) is 15.9. The third-order valence-electron chi connectivity index (χ3n) is 4.30. The fraction of sp³-hybridized carbons (Fsp3) is 0.143. The summed E-state index contributed by atoms with van der Waals surface area (Å²) in [5, 5.41) is 2.66. The van der Waals surface area contributed by atoms with Crippen molar-refractivity contribution >= 4 is 22.4 Å². The van der Waals surface area contributed by atoms with Gasteiger partial charge >= 0.3 is 0 Å². The molecular formula is C21H18ClN3. The van der Waals surface area contributed by atoms with Gasteiger partial charge in [-0.1, -0.05) is 79.5 Å². The van der Waals surface area contributed by atoms with E-state index in [-0.39, 0.29) is 0 Å². The van der Waals surface area contributed by atoms with Crippen LogP contribution in [0.2, 0.25) is 5.15 Å². The number of hydrogen-bond acceptors (Lipinski definition) is 2. The van der Waals surface area contributed by atoms with Gasteiger partial charge in [-0.25, -0.2) is 9.97 Å². The van der Waals surface area contributed by atoms with Crippen LogP contribution in [0.4, 0.5) is 0 Å². The number of imidazole rings is 1. The van der Waals surface area contributed by atoms with Crippen LogP contribution >= 0.6 is 11.6 Å². The highest BCUT2D eigenvalue weighted by Gasteiger charge is 2.15. The highest BCUT2D eigenvalue weighted by atomic mass is 35.5. The first-order chi connectivity index (χ1) is 12.3. The molecule has 4 heteroatoms. The molecule has 0 saturated heterocycles. The smallest absolute Gasteiger partial charge is 0.147 e. The Morgan fingerprint density at radius 1 is 0.960 bits per heavy atom. The zero-order chi connectivity index (χ0) is 17.2. The fourth-order valence-electron chi connectivity index (χ4n) is 3.16. The van der Waals surface area contributed by atoms with Gasteiger partial charge in [0.2, 0.25) is 0 Å². The molecule has 2 aromatic heterocycles. The Kier molecular flexibility index (Phi) is 4.24. The number of hydrogen-bond donors (Lipinski definition) is 0. The highest BCUT2D eigenvalue weighted by molar-refractivity contribution is 6.34. The Bertz CT molecular complexity index is 1020. The van der Waals surface area contributed by atoms with Gasteiger partial charge in [0.1, 0.15) is 17.3 Å². The lowest BCUT2D eigenvalue weighted by Gasteiger charge is -2.13. The standard InChI is InChI=1S/C21H18ClN3/c1-2-8-16-13-25(14-23-16)21-18-12-7-6-11-17(18)19(20(22)24-21)15-9-4-3-5-10-15/h3-7,9-14H,2,8H2,1H3. The second-order valence-electron chi connectivity index (χ2n) is 6.04. The minimum absolute atomic E-state index is 0.505. The van der Waals surface area contributed by atoms with Gasteiger partial charge in [-0.05, 0) is 17.4 Å². The topological polar surface area (TPSA) is 30.7 Å². The third-order valence-corrected chi connectivity index (χ3v) is 4.57. The first-order valence-electron chi connectivity index (χ1n) is 8.45. The summed E-state index contributed by atoms with van der Waals surface area (Å²) in [6.45, 7) is 2.15. The van der Waals surface area contributed by atoms with Crippen molar-refractivity contribution in [2.75, 3.05) is 0 Å². The molecule has 0 N–H and O–H groups in total. The zero-order valence-electron chi connectivity index (χ0n) is 14.0. The highest BCUT2D eigenvalue weighted by Crippen LogP contribution is 2.36. The molecule has 0 unspecified atom stereocenters. The van der Waals surface area contributed by atoms with Gasteiger partial charge in [0.25, 0.3) is 0 Å². The van der Waals surface area contributed by atoms with Crippen molar-refractivity contribution in [1.82, 2.24) is 14.5 Å². The maximum atomic E-state index is 6.62. The van der Waals surface area contributed by atoms with Crippen molar-refractivity contribution in [3.63, 3.8) is 0 Å². The van der Waals surface area contributed by atoms with Crippen LogP contribution in [0.5, 0.6) is 0 Å². The van der Waals surface area contributed by atoms with E-state index >= 15 is 0 Å².